The predicted molar refractivity (Wildman–Crippen MR) is 68.9 cm³/mol. The van der Waals surface area contributed by atoms with Crippen molar-refractivity contribution in [3.8, 4) is 5.75 Å². The van der Waals surface area contributed by atoms with Crippen molar-refractivity contribution in [3.63, 3.8) is 0 Å². The molecule has 0 spiro atoms. The van der Waals surface area contributed by atoms with Crippen LogP contribution in [0.5, 0.6) is 5.75 Å². The quantitative estimate of drug-likeness (QED) is 0.322. The van der Waals surface area contributed by atoms with Crippen LogP contribution in [0.25, 0.3) is 0 Å². The van der Waals surface area contributed by atoms with Gasteiger partial charge in [0.05, 0.1) is 10.7 Å². The maximum atomic E-state index is 12.4. The van der Waals surface area contributed by atoms with Crippen LogP contribution in [0.4, 0.5) is 13.5 Å². The molecule has 92 valence electrons. The number of benzene rings is 1. The van der Waals surface area contributed by atoms with Crippen LogP contribution in [0.2, 0.25) is 5.02 Å². The highest BCUT2D eigenvalue weighted by molar-refractivity contribution is 9.13. The molecule has 0 aliphatic rings. The number of halogens is 4. The molecule has 9 heteroatoms. The van der Waals surface area contributed by atoms with E-state index in [0.717, 1.165) is 0 Å². The first kappa shape index (κ1) is 14.8. The molecule has 1 aromatic rings. The highest BCUT2D eigenvalue weighted by atomic mass is 79.9. The molecule has 0 bridgehead atoms. The molecular weight excluding hydrogens is 360 g/mol. The van der Waals surface area contributed by atoms with E-state index < -0.39 is 3.17 Å². The SMILES string of the molecule is O=C=Nc1ccc(OC(Br)(SF)SF)c(Cl)c1. The van der Waals surface area contributed by atoms with E-state index in [1.807, 2.05) is 0 Å². The second-order valence-corrected chi connectivity index (χ2v) is 6.85. The number of isocyanates is 1. The summed E-state index contributed by atoms with van der Waals surface area (Å²) in [7, 11) is 0. The van der Waals surface area contributed by atoms with Crippen molar-refractivity contribution in [2.24, 2.45) is 4.99 Å². The number of carbonyl (C=O) groups excluding carboxylic acids is 1. The van der Waals surface area contributed by atoms with Crippen molar-refractivity contribution < 1.29 is 17.3 Å². The second kappa shape index (κ2) is 6.61. The minimum atomic E-state index is -1.91. The van der Waals surface area contributed by atoms with E-state index in [0.29, 0.717) is 0 Å². The van der Waals surface area contributed by atoms with Crippen LogP contribution in [-0.2, 0) is 4.79 Å². The molecule has 0 radical (unpaired) electrons. The number of ether oxygens (including phenoxy) is 1. The molecule has 0 aliphatic carbocycles. The summed E-state index contributed by atoms with van der Waals surface area (Å²) in [5, 5.41) is 0.0634. The lowest BCUT2D eigenvalue weighted by atomic mass is 10.3. The van der Waals surface area contributed by atoms with Gasteiger partial charge in [0.25, 0.3) is 0 Å². The Labute approximate surface area is 118 Å². The van der Waals surface area contributed by atoms with E-state index in [1.165, 1.54) is 24.3 Å². The third-order valence-electron chi connectivity index (χ3n) is 1.51. The lowest BCUT2D eigenvalue weighted by molar-refractivity contribution is 0.338. The summed E-state index contributed by atoms with van der Waals surface area (Å²) in [6.07, 6.45) is 1.34. The highest BCUT2D eigenvalue weighted by Crippen LogP contribution is 2.47. The smallest absolute Gasteiger partial charge is 0.316 e. The summed E-state index contributed by atoms with van der Waals surface area (Å²) in [6.45, 7) is 0. The van der Waals surface area contributed by atoms with E-state index in [4.69, 9.17) is 16.3 Å². The van der Waals surface area contributed by atoms with Gasteiger partial charge in [-0.2, -0.15) is 12.8 Å². The lowest BCUT2D eigenvalue weighted by Crippen LogP contribution is -2.17. The van der Waals surface area contributed by atoms with Crippen LogP contribution >= 0.6 is 51.8 Å². The number of hydrogen-bond acceptors (Lipinski definition) is 5. The standard InChI is InChI=1S/C8H3BrClF2NO2S2/c9-8(16-11,17-12)15-7-2-1-5(13-4-14)3-6(7)10/h1-3H. The maximum Gasteiger partial charge on any atom is 0.316 e. The first-order valence-electron chi connectivity index (χ1n) is 3.89. The van der Waals surface area contributed by atoms with Gasteiger partial charge < -0.3 is 4.74 Å². The Bertz CT molecular complexity index is 455. The molecule has 0 atom stereocenters. The molecule has 0 saturated heterocycles. The third kappa shape index (κ3) is 4.15. The molecule has 0 amide bonds. The number of rotatable bonds is 5. The lowest BCUT2D eigenvalue weighted by Gasteiger charge is -2.19. The zero-order valence-electron chi connectivity index (χ0n) is 7.82. The van der Waals surface area contributed by atoms with Crippen molar-refractivity contribution in [2.45, 2.75) is 3.17 Å². The second-order valence-electron chi connectivity index (χ2n) is 2.56. The molecule has 17 heavy (non-hydrogen) atoms. The van der Waals surface area contributed by atoms with Crippen LogP contribution in [-0.4, -0.2) is 9.25 Å². The fourth-order valence-electron chi connectivity index (χ4n) is 0.870. The van der Waals surface area contributed by atoms with Crippen LogP contribution in [0.3, 0.4) is 0 Å². The van der Waals surface area contributed by atoms with Gasteiger partial charge in [-0.1, -0.05) is 11.6 Å². The summed E-state index contributed by atoms with van der Waals surface area (Å²) >= 11 is 7.76. The van der Waals surface area contributed by atoms with Gasteiger partial charge in [0.2, 0.25) is 6.08 Å². The van der Waals surface area contributed by atoms with Gasteiger partial charge in [-0.25, -0.2) is 4.79 Å². The Hall–Kier alpha value is -0.270. The van der Waals surface area contributed by atoms with Gasteiger partial charge in [-0.05, 0) is 34.1 Å². The Balaban J connectivity index is 2.96. The number of hydrogen-bond donors (Lipinski definition) is 0. The Morgan fingerprint density at radius 2 is 2.12 bits per heavy atom. The number of aliphatic imine (C=N–C) groups is 1. The van der Waals surface area contributed by atoms with Gasteiger partial charge in [-0.3, -0.25) is 0 Å². The van der Waals surface area contributed by atoms with Gasteiger partial charge >= 0.3 is 3.17 Å². The summed E-state index contributed by atoms with van der Waals surface area (Å²) in [5.41, 5.74) is 0.262. The van der Waals surface area contributed by atoms with Crippen molar-refractivity contribution >= 4 is 63.6 Å². The van der Waals surface area contributed by atoms with E-state index in [2.05, 4.69) is 20.9 Å². The van der Waals surface area contributed by atoms with Gasteiger partial charge in [0.1, 0.15) is 30.0 Å². The summed E-state index contributed by atoms with van der Waals surface area (Å²) in [5.74, 6) is 0.0451. The molecule has 1 aromatic carbocycles. The van der Waals surface area contributed by atoms with Gasteiger partial charge in [0, 0.05) is 0 Å². The first-order valence-corrected chi connectivity index (χ1v) is 6.50. The molecule has 0 heterocycles. The monoisotopic (exact) mass is 361 g/mol. The average Bonchev–Trinajstić information content (AvgIpc) is 2.33. The molecule has 0 saturated carbocycles. The van der Waals surface area contributed by atoms with Gasteiger partial charge in [-0.15, -0.1) is 0 Å². The largest absolute Gasteiger partial charge is 0.451 e. The maximum absolute atomic E-state index is 12.4. The van der Waals surface area contributed by atoms with Crippen LogP contribution < -0.4 is 4.74 Å². The van der Waals surface area contributed by atoms with Crippen molar-refractivity contribution in [2.75, 3.05) is 0 Å². The molecule has 3 nitrogen and oxygen atoms in total. The zero-order valence-corrected chi connectivity index (χ0v) is 11.8. The fraction of sp³-hybridized carbons (Fsp3) is 0.125. The number of nitrogens with zero attached hydrogens (tertiary/aromatic N) is 1. The molecular formula is C8H3BrClF2NO2S2. The van der Waals surface area contributed by atoms with E-state index in [-0.39, 0.29) is 40.8 Å². The average molecular weight is 363 g/mol. The molecule has 0 aliphatic heterocycles. The fourth-order valence-corrected chi connectivity index (χ4v) is 1.60. The van der Waals surface area contributed by atoms with Crippen molar-refractivity contribution in [1.82, 2.24) is 0 Å². The van der Waals surface area contributed by atoms with E-state index in [1.54, 1.807) is 0 Å². The first-order chi connectivity index (χ1) is 8.04. The molecule has 0 aromatic heterocycles. The van der Waals surface area contributed by atoms with Crippen LogP contribution in [0.15, 0.2) is 23.2 Å². The summed E-state index contributed by atoms with van der Waals surface area (Å²) in [6, 6.07) is 4.04. The predicted octanol–water partition coefficient (Wildman–Crippen LogP) is 4.93. The Morgan fingerprint density at radius 1 is 1.47 bits per heavy atom. The van der Waals surface area contributed by atoms with Gasteiger partial charge in [0.15, 0.2) is 0 Å². The minimum absolute atomic E-state index is 0.0451. The topological polar surface area (TPSA) is 38.7 Å². The summed E-state index contributed by atoms with van der Waals surface area (Å²) < 4.78 is 27.9. The summed E-state index contributed by atoms with van der Waals surface area (Å²) in [4.78, 5) is 13.3. The molecule has 0 unspecified atom stereocenters. The number of alkyl halides is 1. The highest BCUT2D eigenvalue weighted by Gasteiger charge is 2.34. The molecule has 0 fully saturated rings. The molecule has 1 rings (SSSR count). The van der Waals surface area contributed by atoms with Crippen molar-refractivity contribution in [3.05, 3.63) is 23.2 Å². The normalized spacial score (nSPS) is 10.8. The molecule has 0 N–H and O–H groups in total. The Kier molecular flexibility index (Phi) is 5.75. The van der Waals surface area contributed by atoms with Crippen molar-refractivity contribution in [1.29, 1.82) is 0 Å². The van der Waals surface area contributed by atoms with Crippen LogP contribution in [0, 0.1) is 0 Å². The third-order valence-corrected chi connectivity index (χ3v) is 3.61. The Morgan fingerprint density at radius 3 is 2.59 bits per heavy atom. The minimum Gasteiger partial charge on any atom is -0.451 e. The van der Waals surface area contributed by atoms with E-state index in [9.17, 15) is 12.6 Å². The van der Waals surface area contributed by atoms with E-state index >= 15 is 0 Å². The van der Waals surface area contributed by atoms with Crippen LogP contribution in [0.1, 0.15) is 0 Å². The zero-order chi connectivity index (χ0) is 12.9.